The number of amides is 2. The van der Waals surface area contributed by atoms with Crippen LogP contribution < -0.4 is 4.90 Å². The van der Waals surface area contributed by atoms with E-state index in [4.69, 9.17) is 11.6 Å². The number of nitrogens with zero attached hydrogens (tertiary/aromatic N) is 3. The number of rotatable bonds is 6. The molecule has 0 saturated carbocycles. The van der Waals surface area contributed by atoms with E-state index in [2.05, 4.69) is 4.90 Å². The highest BCUT2D eigenvalue weighted by Gasteiger charge is 2.62. The van der Waals surface area contributed by atoms with Gasteiger partial charge in [-0.2, -0.15) is 13.2 Å². The van der Waals surface area contributed by atoms with Crippen molar-refractivity contribution in [1.82, 2.24) is 9.80 Å². The van der Waals surface area contributed by atoms with Gasteiger partial charge in [0.05, 0.1) is 10.6 Å². The largest absolute Gasteiger partial charge is 0.430 e. The molecule has 0 radical (unpaired) electrons. The van der Waals surface area contributed by atoms with E-state index in [0.717, 1.165) is 42.9 Å². The quantitative estimate of drug-likeness (QED) is 0.437. The number of hydrogen-bond acceptors (Lipinski definition) is 4. The molecule has 2 heterocycles. The molecule has 2 aliphatic rings. The minimum absolute atomic E-state index is 0.00898. The van der Waals surface area contributed by atoms with Crippen LogP contribution in [0.25, 0.3) is 0 Å². The average molecular weight is 602 g/mol. The van der Waals surface area contributed by atoms with E-state index in [1.165, 1.54) is 4.90 Å². The van der Waals surface area contributed by atoms with Gasteiger partial charge in [0.1, 0.15) is 11.6 Å². The van der Waals surface area contributed by atoms with Gasteiger partial charge in [0, 0.05) is 57.6 Å². The molecule has 2 saturated heterocycles. The zero-order valence-electron chi connectivity index (χ0n) is 22.9. The van der Waals surface area contributed by atoms with Crippen molar-refractivity contribution in [2.24, 2.45) is 11.8 Å². The molecule has 2 aliphatic heterocycles. The van der Waals surface area contributed by atoms with Gasteiger partial charge in [0.15, 0.2) is 0 Å². The lowest BCUT2D eigenvalue weighted by Crippen LogP contribution is -2.57. The molecule has 1 atom stereocenters. The normalized spacial score (nSPS) is 18.8. The molecule has 41 heavy (non-hydrogen) atoms. The van der Waals surface area contributed by atoms with Crippen LogP contribution in [-0.4, -0.2) is 73.2 Å². The number of hydrogen-bond donors (Lipinski definition) is 1. The summed E-state index contributed by atoms with van der Waals surface area (Å²) in [5, 5.41) is 10.9. The highest BCUT2D eigenvalue weighted by molar-refractivity contribution is 6.34. The molecule has 6 nitrogen and oxygen atoms in total. The Morgan fingerprint density at radius 2 is 1.46 bits per heavy atom. The third-order valence-corrected chi connectivity index (χ3v) is 8.45. The predicted molar refractivity (Wildman–Crippen MR) is 145 cm³/mol. The smallest absolute Gasteiger partial charge is 0.371 e. The third kappa shape index (κ3) is 6.61. The Morgan fingerprint density at radius 3 is 1.95 bits per heavy atom. The molecule has 0 spiro atoms. The predicted octanol–water partition coefficient (Wildman–Crippen LogP) is 5.62. The SMILES string of the molecule is CN(C)C(=O)c1ccc(N2CCC(CC3CCN(C(=O)C(O)(c4cc(F)cc(F)c4)C(F)(F)F)CC3)CC2)cc1Cl. The maximum absolute atomic E-state index is 13.9. The van der Waals surface area contributed by atoms with Gasteiger partial charge in [-0.05, 0) is 74.3 Å². The fourth-order valence-corrected chi connectivity index (χ4v) is 6.04. The number of halogens is 6. The van der Waals surface area contributed by atoms with Crippen molar-refractivity contribution in [2.75, 3.05) is 45.2 Å². The summed E-state index contributed by atoms with van der Waals surface area (Å²) < 4.78 is 69.2. The standard InChI is InChI=1S/C29H33ClF5N3O3/c1-36(2)26(39)24-4-3-23(17-25(24)30)37-9-5-18(6-10-37)13-19-7-11-38(12-8-19)27(40)28(41,29(33,34)35)20-14-21(31)16-22(32)15-20/h3-4,14-19,41H,5-13H2,1-2H3. The van der Waals surface area contributed by atoms with Crippen molar-refractivity contribution in [1.29, 1.82) is 0 Å². The third-order valence-electron chi connectivity index (χ3n) is 8.14. The lowest BCUT2D eigenvalue weighted by atomic mass is 9.82. The van der Waals surface area contributed by atoms with Crippen molar-refractivity contribution in [3.8, 4) is 0 Å². The number of likely N-dealkylation sites (tertiary alicyclic amines) is 1. The summed E-state index contributed by atoms with van der Waals surface area (Å²) in [6.07, 6.45) is -1.85. The maximum Gasteiger partial charge on any atom is 0.430 e. The zero-order chi connectivity index (χ0) is 30.1. The average Bonchev–Trinajstić information content (AvgIpc) is 2.91. The van der Waals surface area contributed by atoms with Crippen LogP contribution in [0.2, 0.25) is 5.02 Å². The number of benzene rings is 2. The van der Waals surface area contributed by atoms with Gasteiger partial charge >= 0.3 is 6.18 Å². The first-order chi connectivity index (χ1) is 19.2. The Hall–Kier alpha value is -2.92. The number of alkyl halides is 3. The van der Waals surface area contributed by atoms with Crippen molar-refractivity contribution < 1.29 is 36.6 Å². The topological polar surface area (TPSA) is 64.1 Å². The summed E-state index contributed by atoms with van der Waals surface area (Å²) in [4.78, 5) is 29.8. The summed E-state index contributed by atoms with van der Waals surface area (Å²) >= 11 is 6.37. The molecule has 1 N–H and O–H groups in total. The first-order valence-corrected chi connectivity index (χ1v) is 13.9. The molecule has 2 aromatic rings. The van der Waals surface area contributed by atoms with Crippen molar-refractivity contribution in [2.45, 2.75) is 43.9 Å². The molecule has 2 aromatic carbocycles. The minimum atomic E-state index is -5.47. The van der Waals surface area contributed by atoms with Crippen molar-refractivity contribution in [3.63, 3.8) is 0 Å². The molecule has 4 rings (SSSR count). The Bertz CT molecular complexity index is 1250. The number of carbonyl (C=O) groups excluding carboxylic acids is 2. The summed E-state index contributed by atoms with van der Waals surface area (Å²) in [5.41, 5.74) is -3.85. The highest BCUT2D eigenvalue weighted by atomic mass is 35.5. The molecule has 1 unspecified atom stereocenters. The van der Waals surface area contributed by atoms with Gasteiger partial charge in [0.2, 0.25) is 0 Å². The zero-order valence-corrected chi connectivity index (χ0v) is 23.6. The number of aliphatic hydroxyl groups is 1. The van der Waals surface area contributed by atoms with Crippen LogP contribution in [0, 0.1) is 23.5 Å². The van der Waals surface area contributed by atoms with Crippen LogP contribution in [0.4, 0.5) is 27.6 Å². The first-order valence-electron chi connectivity index (χ1n) is 13.5. The lowest BCUT2D eigenvalue weighted by Gasteiger charge is -2.40. The van der Waals surface area contributed by atoms with Crippen LogP contribution in [0.3, 0.4) is 0 Å². The van der Waals surface area contributed by atoms with Gasteiger partial charge in [-0.1, -0.05) is 11.6 Å². The van der Waals surface area contributed by atoms with Crippen LogP contribution in [0.1, 0.15) is 48.0 Å². The molecular weight excluding hydrogens is 569 g/mol. The van der Waals surface area contributed by atoms with E-state index < -0.39 is 34.9 Å². The Labute approximate surface area is 240 Å². The molecule has 0 aliphatic carbocycles. The van der Waals surface area contributed by atoms with Crippen LogP contribution >= 0.6 is 11.6 Å². The fraction of sp³-hybridized carbons (Fsp3) is 0.517. The Kier molecular flexibility index (Phi) is 9.18. The monoisotopic (exact) mass is 601 g/mol. The summed E-state index contributed by atoms with van der Waals surface area (Å²) in [5.74, 6) is -3.82. The molecule has 2 fully saturated rings. The van der Waals surface area contributed by atoms with Crippen LogP contribution in [0.5, 0.6) is 0 Å². The summed E-state index contributed by atoms with van der Waals surface area (Å²) in [6, 6.07) is 6.45. The Balaban J connectivity index is 1.32. The lowest BCUT2D eigenvalue weighted by molar-refractivity contribution is -0.262. The van der Waals surface area contributed by atoms with Gasteiger partial charge in [-0.25, -0.2) is 8.78 Å². The van der Waals surface area contributed by atoms with Gasteiger partial charge in [-0.15, -0.1) is 0 Å². The van der Waals surface area contributed by atoms with Crippen LogP contribution in [0.15, 0.2) is 36.4 Å². The molecule has 0 bridgehead atoms. The molecule has 224 valence electrons. The second-order valence-electron chi connectivity index (χ2n) is 11.1. The van der Waals surface area contributed by atoms with Gasteiger partial charge < -0.3 is 19.8 Å². The Morgan fingerprint density at radius 1 is 0.927 bits per heavy atom. The van der Waals surface area contributed by atoms with Crippen molar-refractivity contribution in [3.05, 3.63) is 64.2 Å². The first kappa shape index (κ1) is 31.0. The van der Waals surface area contributed by atoms with E-state index >= 15 is 0 Å². The van der Waals surface area contributed by atoms with E-state index in [1.54, 1.807) is 26.2 Å². The number of carbonyl (C=O) groups is 2. The summed E-state index contributed by atoms with van der Waals surface area (Å²) in [6.45, 7) is 1.61. The minimum Gasteiger partial charge on any atom is -0.371 e. The van der Waals surface area contributed by atoms with E-state index in [-0.39, 0.29) is 24.9 Å². The molecule has 0 aromatic heterocycles. The molecule has 2 amide bonds. The number of anilines is 1. The summed E-state index contributed by atoms with van der Waals surface area (Å²) in [7, 11) is 3.33. The molecular formula is C29H33ClF5N3O3. The second-order valence-corrected chi connectivity index (χ2v) is 11.5. The molecule has 12 heteroatoms. The van der Waals surface area contributed by atoms with Gasteiger partial charge in [-0.3, -0.25) is 9.59 Å². The van der Waals surface area contributed by atoms with Crippen LogP contribution in [-0.2, 0) is 10.4 Å². The van der Waals surface area contributed by atoms with E-state index in [0.29, 0.717) is 47.5 Å². The number of piperidine rings is 2. The maximum atomic E-state index is 13.9. The highest BCUT2D eigenvalue weighted by Crippen LogP contribution is 2.42. The van der Waals surface area contributed by atoms with E-state index in [1.807, 2.05) is 6.07 Å². The fourth-order valence-electron chi connectivity index (χ4n) is 5.79. The van der Waals surface area contributed by atoms with E-state index in [9.17, 15) is 36.6 Å². The van der Waals surface area contributed by atoms with Gasteiger partial charge in [0.25, 0.3) is 17.4 Å². The second kappa shape index (κ2) is 12.1. The van der Waals surface area contributed by atoms with Crippen molar-refractivity contribution >= 4 is 29.1 Å².